The Hall–Kier alpha value is -7.21. The molecule has 0 saturated heterocycles. The molecule has 0 N–H and O–H groups in total. The number of rotatable bonds is 6. The molecule has 0 aliphatic heterocycles. The Labute approximate surface area is 336 Å². The quantitative estimate of drug-likeness (QED) is 0.171. The largest absolute Gasteiger partial charge is 0.308 e. The van der Waals surface area contributed by atoms with Crippen LogP contribution < -0.4 is 0 Å². The minimum atomic E-state index is -0.184. The van der Waals surface area contributed by atoms with Gasteiger partial charge in [0.2, 0.25) is 0 Å². The number of thiophene rings is 1. The molecule has 0 bridgehead atoms. The lowest BCUT2D eigenvalue weighted by Gasteiger charge is -2.19. The minimum Gasteiger partial charge on any atom is -0.308 e. The summed E-state index contributed by atoms with van der Waals surface area (Å²) in [5, 5.41) is 2.55. The van der Waals surface area contributed by atoms with E-state index in [1.54, 1.807) is 15.9 Å². The first-order chi connectivity index (χ1) is 30.2. The summed E-state index contributed by atoms with van der Waals surface area (Å²) in [4.78, 5) is 15.4. The van der Waals surface area contributed by atoms with Crippen molar-refractivity contribution in [2.24, 2.45) is 0 Å². The smallest absolute Gasteiger partial charge is 0.166 e. The van der Waals surface area contributed by atoms with E-state index in [1.165, 1.54) is 12.1 Å². The van der Waals surface area contributed by atoms with Crippen LogP contribution in [0.4, 0.5) is 0 Å². The fourth-order valence-electron chi connectivity index (χ4n) is 7.66. The summed E-state index contributed by atoms with van der Waals surface area (Å²) >= 11 is 1.68. The van der Waals surface area contributed by atoms with Crippen LogP contribution in [0.5, 0.6) is 0 Å². The Morgan fingerprint density at radius 1 is 0.393 bits per heavy atom. The van der Waals surface area contributed by atoms with Crippen molar-refractivity contribution in [1.82, 2.24) is 19.5 Å². The van der Waals surface area contributed by atoms with E-state index in [9.17, 15) is 5.48 Å². The van der Waals surface area contributed by atoms with Crippen LogP contribution in [0.15, 0.2) is 194 Å². The van der Waals surface area contributed by atoms with Gasteiger partial charge in [-0.05, 0) is 35.3 Å². The van der Waals surface area contributed by atoms with Crippen molar-refractivity contribution < 1.29 is 8.22 Å². The molecule has 56 heavy (non-hydrogen) atoms. The molecule has 11 aromatic rings. The zero-order chi connectivity index (χ0) is 42.2. The SMILES string of the molecule is [2H]c1cc([2H])c2c(c1[2H])c1c([2H])c([2H])cc([2H])c1n2-c1c(-c2nc(-c3ccccc3)nc(-c3ccc(-c4ccccc4)cc3)n2)cccc1-c1cccc2c1sc1ccccc12. The summed E-state index contributed by atoms with van der Waals surface area (Å²) in [7, 11) is 0. The van der Waals surface area contributed by atoms with Gasteiger partial charge in [-0.3, -0.25) is 0 Å². The molecule has 3 heterocycles. The van der Waals surface area contributed by atoms with E-state index >= 15 is 0 Å². The molecule has 0 atom stereocenters. The first kappa shape index (κ1) is 26.5. The fraction of sp³-hybridized carbons (Fsp3) is 0. The van der Waals surface area contributed by atoms with Crippen LogP contribution >= 0.6 is 11.3 Å². The van der Waals surface area contributed by atoms with Crippen LogP contribution in [0, 0.1) is 0 Å². The summed E-state index contributed by atoms with van der Waals surface area (Å²) in [6.45, 7) is 0. The highest BCUT2D eigenvalue weighted by Crippen LogP contribution is 2.45. The van der Waals surface area contributed by atoms with Crippen molar-refractivity contribution in [3.05, 3.63) is 194 Å². The summed E-state index contributed by atoms with van der Waals surface area (Å²) in [6.07, 6.45) is 0. The second-order valence-corrected chi connectivity index (χ2v) is 14.5. The minimum absolute atomic E-state index is 0.0526. The van der Waals surface area contributed by atoms with Gasteiger partial charge in [0.05, 0.1) is 24.9 Å². The molecule has 0 saturated carbocycles. The third-order valence-corrected chi connectivity index (χ3v) is 11.5. The van der Waals surface area contributed by atoms with Gasteiger partial charge < -0.3 is 4.57 Å². The van der Waals surface area contributed by atoms with Crippen LogP contribution in [0.1, 0.15) is 8.22 Å². The number of hydrogen-bond donors (Lipinski definition) is 0. The lowest BCUT2D eigenvalue weighted by atomic mass is 9.97. The number of hydrogen-bond acceptors (Lipinski definition) is 4. The molecule has 5 heteroatoms. The first-order valence-corrected chi connectivity index (χ1v) is 19.1. The van der Waals surface area contributed by atoms with Crippen molar-refractivity contribution >= 4 is 53.3 Å². The maximum Gasteiger partial charge on any atom is 0.166 e. The lowest BCUT2D eigenvalue weighted by Crippen LogP contribution is -2.05. The summed E-state index contributed by atoms with van der Waals surface area (Å²) in [5.74, 6) is 1.23. The Morgan fingerprint density at radius 2 is 0.911 bits per heavy atom. The summed E-state index contributed by atoms with van der Waals surface area (Å²) < 4.78 is 58.5. The van der Waals surface area contributed by atoms with Crippen LogP contribution in [-0.4, -0.2) is 19.5 Å². The fourth-order valence-corrected chi connectivity index (χ4v) is 8.89. The van der Waals surface area contributed by atoms with Gasteiger partial charge in [-0.1, -0.05) is 170 Å². The molecule has 4 nitrogen and oxygen atoms in total. The number of para-hydroxylation sites is 3. The van der Waals surface area contributed by atoms with E-state index in [4.69, 9.17) is 17.7 Å². The van der Waals surface area contributed by atoms with Gasteiger partial charge in [0.1, 0.15) is 0 Å². The summed E-state index contributed by atoms with van der Waals surface area (Å²) in [6, 6.07) is 50.2. The monoisotopic (exact) mass is 738 g/mol. The van der Waals surface area contributed by atoms with Crippen molar-refractivity contribution in [2.45, 2.75) is 0 Å². The zero-order valence-corrected chi connectivity index (χ0v) is 30.5. The normalized spacial score (nSPS) is 13.1. The van der Waals surface area contributed by atoms with Crippen LogP contribution in [0.3, 0.4) is 0 Å². The van der Waals surface area contributed by atoms with Gasteiger partial charge in [0, 0.05) is 58.8 Å². The molecule has 0 unspecified atom stereocenters. The molecule has 0 aliphatic carbocycles. The standard InChI is InChI=1S/C51H32N4S/c1-3-15-33(16-4-1)34-29-31-36(32-30-34)50-52-49(35-17-5-2-6-18-35)53-51(54-50)43-25-13-22-40(42-24-14-23-41-39-21-9-12-28-46(39)56-48(41)42)47(43)55-44-26-10-7-19-37(44)38-20-8-11-27-45(38)55/h1-32H/i7D,8D,19D,20D,26D,27D. The number of aromatic nitrogens is 4. The first-order valence-electron chi connectivity index (χ1n) is 21.3. The highest BCUT2D eigenvalue weighted by atomic mass is 32.1. The van der Waals surface area contributed by atoms with E-state index in [2.05, 4.69) is 48.5 Å². The van der Waals surface area contributed by atoms with Crippen molar-refractivity contribution in [1.29, 1.82) is 0 Å². The van der Waals surface area contributed by atoms with Crippen molar-refractivity contribution in [3.8, 4) is 62.1 Å². The zero-order valence-electron chi connectivity index (χ0n) is 35.7. The summed E-state index contributed by atoms with van der Waals surface area (Å²) in [5.41, 5.74) is 6.94. The highest BCUT2D eigenvalue weighted by Gasteiger charge is 2.24. The predicted molar refractivity (Wildman–Crippen MR) is 234 cm³/mol. The van der Waals surface area contributed by atoms with Crippen molar-refractivity contribution in [3.63, 3.8) is 0 Å². The topological polar surface area (TPSA) is 43.6 Å². The Balaban J connectivity index is 1.27. The molecule has 3 aromatic heterocycles. The van der Waals surface area contributed by atoms with E-state index in [-0.39, 0.29) is 58.1 Å². The molecule has 0 spiro atoms. The average Bonchev–Trinajstić information content (AvgIpc) is 3.88. The molecule has 8 aromatic carbocycles. The second kappa shape index (κ2) is 13.3. The predicted octanol–water partition coefficient (Wildman–Crippen LogP) is 13.7. The maximum atomic E-state index is 9.41. The van der Waals surface area contributed by atoms with Gasteiger partial charge in [-0.2, -0.15) is 0 Å². The molecular formula is C51H32N4S. The molecular weight excluding hydrogens is 701 g/mol. The maximum absolute atomic E-state index is 9.41. The number of fused-ring (bicyclic) bond motifs is 6. The van der Waals surface area contributed by atoms with Gasteiger partial charge >= 0.3 is 0 Å². The average molecular weight is 739 g/mol. The van der Waals surface area contributed by atoms with E-state index in [0.29, 0.717) is 28.7 Å². The molecule has 0 aliphatic rings. The molecule has 0 amide bonds. The highest BCUT2D eigenvalue weighted by molar-refractivity contribution is 7.26. The van der Waals surface area contributed by atoms with E-state index in [0.717, 1.165) is 53.6 Å². The molecule has 11 rings (SSSR count). The van der Waals surface area contributed by atoms with Crippen LogP contribution in [-0.2, 0) is 0 Å². The van der Waals surface area contributed by atoms with Gasteiger partial charge in [-0.15, -0.1) is 11.3 Å². The van der Waals surface area contributed by atoms with Crippen LogP contribution in [0.25, 0.3) is 104 Å². The lowest BCUT2D eigenvalue weighted by molar-refractivity contribution is 1.06. The van der Waals surface area contributed by atoms with Gasteiger partial charge in [-0.25, -0.2) is 15.0 Å². The van der Waals surface area contributed by atoms with Gasteiger partial charge in [0.15, 0.2) is 17.5 Å². The number of nitrogens with zero attached hydrogens (tertiary/aromatic N) is 4. The molecule has 0 radical (unpaired) electrons. The van der Waals surface area contributed by atoms with Crippen LogP contribution in [0.2, 0.25) is 0 Å². The Kier molecular flexibility index (Phi) is 6.29. The third-order valence-electron chi connectivity index (χ3n) is 10.2. The number of benzene rings is 8. The Bertz CT molecular complexity index is 3520. The van der Waals surface area contributed by atoms with E-state index in [1.807, 2.05) is 97.1 Å². The second-order valence-electron chi connectivity index (χ2n) is 13.5. The Morgan fingerprint density at radius 3 is 1.62 bits per heavy atom. The van der Waals surface area contributed by atoms with Gasteiger partial charge in [0.25, 0.3) is 0 Å². The van der Waals surface area contributed by atoms with Crippen molar-refractivity contribution in [2.75, 3.05) is 0 Å². The molecule has 262 valence electrons. The van der Waals surface area contributed by atoms with E-state index < -0.39 is 0 Å². The third kappa shape index (κ3) is 5.32. The molecule has 0 fully saturated rings.